The molecular formula is C23H34IN3O2S. The van der Waals surface area contributed by atoms with Crippen LogP contribution in [0, 0.1) is 0 Å². The predicted octanol–water partition coefficient (Wildman–Crippen LogP) is 4.70. The Morgan fingerprint density at radius 3 is 2.77 bits per heavy atom. The molecule has 1 aliphatic rings. The molecule has 3 rings (SSSR count). The van der Waals surface area contributed by atoms with Crippen LogP contribution in [0.2, 0.25) is 0 Å². The highest BCUT2D eigenvalue weighted by Gasteiger charge is 2.14. The molecule has 1 aromatic heterocycles. The number of halogens is 1. The fourth-order valence-electron chi connectivity index (χ4n) is 3.35. The van der Waals surface area contributed by atoms with E-state index in [4.69, 9.17) is 14.5 Å². The van der Waals surface area contributed by atoms with Crippen molar-refractivity contribution in [1.82, 2.24) is 10.2 Å². The third kappa shape index (κ3) is 8.53. The van der Waals surface area contributed by atoms with E-state index in [-0.39, 0.29) is 24.0 Å². The van der Waals surface area contributed by atoms with Crippen LogP contribution in [0.4, 0.5) is 0 Å². The van der Waals surface area contributed by atoms with Gasteiger partial charge >= 0.3 is 0 Å². The van der Waals surface area contributed by atoms with Gasteiger partial charge in [-0.2, -0.15) is 0 Å². The van der Waals surface area contributed by atoms with E-state index < -0.39 is 0 Å². The third-order valence-electron chi connectivity index (χ3n) is 5.03. The minimum atomic E-state index is 0. The Kier molecular flexibility index (Phi) is 11.7. The Morgan fingerprint density at radius 2 is 2.03 bits per heavy atom. The van der Waals surface area contributed by atoms with Crippen LogP contribution in [-0.4, -0.2) is 50.3 Å². The fraction of sp³-hybridized carbons (Fsp3) is 0.522. The highest BCUT2D eigenvalue weighted by atomic mass is 127. The number of benzene rings is 1. The maximum absolute atomic E-state index is 6.06. The maximum atomic E-state index is 6.06. The zero-order valence-electron chi connectivity index (χ0n) is 18.0. The summed E-state index contributed by atoms with van der Waals surface area (Å²) in [5.74, 6) is 0.952. The minimum Gasteiger partial charge on any atom is -0.381 e. The van der Waals surface area contributed by atoms with Crippen LogP contribution >= 0.6 is 35.3 Å². The van der Waals surface area contributed by atoms with Crippen molar-refractivity contribution in [3.63, 3.8) is 0 Å². The van der Waals surface area contributed by atoms with Crippen LogP contribution in [0.1, 0.15) is 35.8 Å². The second-order valence-electron chi connectivity index (χ2n) is 7.36. The largest absolute Gasteiger partial charge is 0.381 e. The molecule has 0 spiro atoms. The Labute approximate surface area is 201 Å². The molecule has 7 heteroatoms. The van der Waals surface area contributed by atoms with E-state index >= 15 is 0 Å². The number of aliphatic imine (C=N–C) groups is 1. The van der Waals surface area contributed by atoms with Gasteiger partial charge in [0.05, 0.1) is 19.3 Å². The zero-order chi connectivity index (χ0) is 20.3. The number of likely N-dealkylation sites (N-methyl/N-ethyl adjacent to an activating group) is 1. The highest BCUT2D eigenvalue weighted by Crippen LogP contribution is 2.15. The second kappa shape index (κ2) is 14.0. The summed E-state index contributed by atoms with van der Waals surface area (Å²) in [5, 5.41) is 5.54. The molecule has 1 saturated heterocycles. The first-order valence-corrected chi connectivity index (χ1v) is 11.4. The van der Waals surface area contributed by atoms with Gasteiger partial charge in [-0.25, -0.2) is 4.99 Å². The quantitative estimate of drug-likeness (QED) is 0.283. The smallest absolute Gasteiger partial charge is 0.193 e. The van der Waals surface area contributed by atoms with Crippen molar-refractivity contribution >= 4 is 41.3 Å². The Morgan fingerprint density at radius 1 is 1.23 bits per heavy atom. The Bertz CT molecular complexity index is 749. The second-order valence-corrected chi connectivity index (χ2v) is 8.40. The summed E-state index contributed by atoms with van der Waals surface area (Å²) in [6, 6.07) is 12.9. The molecule has 0 amide bonds. The Hall–Kier alpha value is -1.16. The zero-order valence-corrected chi connectivity index (χ0v) is 21.2. The van der Waals surface area contributed by atoms with Crippen LogP contribution in [0.3, 0.4) is 0 Å². The van der Waals surface area contributed by atoms with E-state index in [1.54, 1.807) is 0 Å². The van der Waals surface area contributed by atoms with Crippen LogP contribution in [0.5, 0.6) is 0 Å². The highest BCUT2D eigenvalue weighted by molar-refractivity contribution is 14.0. The van der Waals surface area contributed by atoms with Crippen molar-refractivity contribution in [2.24, 2.45) is 4.99 Å². The average molecular weight is 544 g/mol. The van der Waals surface area contributed by atoms with Gasteiger partial charge in [0.1, 0.15) is 0 Å². The summed E-state index contributed by atoms with van der Waals surface area (Å²) in [6.45, 7) is 6.86. The summed E-state index contributed by atoms with van der Waals surface area (Å²) in [4.78, 5) is 8.47. The molecule has 0 bridgehead atoms. The van der Waals surface area contributed by atoms with Crippen molar-refractivity contribution < 1.29 is 9.47 Å². The molecule has 0 radical (unpaired) electrons. The number of hydrogen-bond donors (Lipinski definition) is 1. The van der Waals surface area contributed by atoms with Crippen molar-refractivity contribution in [3.8, 4) is 0 Å². The van der Waals surface area contributed by atoms with Gasteiger partial charge in [-0.05, 0) is 48.8 Å². The topological polar surface area (TPSA) is 46.1 Å². The standard InChI is InChI=1S/C23H33N3O2S.HI/c1-3-24-23(26(2)12-9-22-8-5-15-29-22)25-17-19-6-4-7-20(16-19)18-28-21-10-13-27-14-11-21;/h4-8,15-16,21H,3,9-14,17-18H2,1-2H3,(H,24,25);1H. The minimum absolute atomic E-state index is 0. The molecule has 1 fully saturated rings. The van der Waals surface area contributed by atoms with Crippen molar-refractivity contribution in [3.05, 3.63) is 57.8 Å². The van der Waals surface area contributed by atoms with Crippen LogP contribution in [0.25, 0.3) is 0 Å². The number of rotatable bonds is 9. The molecular weight excluding hydrogens is 509 g/mol. The molecule has 0 unspecified atom stereocenters. The van der Waals surface area contributed by atoms with E-state index in [2.05, 4.69) is 66.0 Å². The first-order chi connectivity index (χ1) is 14.2. The van der Waals surface area contributed by atoms with Gasteiger partial charge in [-0.1, -0.05) is 30.3 Å². The van der Waals surface area contributed by atoms with Crippen LogP contribution in [-0.2, 0) is 29.0 Å². The molecule has 1 aliphatic heterocycles. The Balaban J connectivity index is 0.00000320. The SMILES string of the molecule is CCNC(=NCc1cccc(COC2CCOCC2)c1)N(C)CCc1cccs1.I. The molecule has 0 aliphatic carbocycles. The van der Waals surface area contributed by atoms with Gasteiger partial charge in [0, 0.05) is 38.2 Å². The van der Waals surface area contributed by atoms with Crippen molar-refractivity contribution in [1.29, 1.82) is 0 Å². The molecule has 2 aromatic rings. The van der Waals surface area contributed by atoms with Gasteiger partial charge in [0.25, 0.3) is 0 Å². The molecule has 30 heavy (non-hydrogen) atoms. The number of guanidine groups is 1. The van der Waals surface area contributed by atoms with Crippen LogP contribution in [0.15, 0.2) is 46.8 Å². The number of thiophene rings is 1. The lowest BCUT2D eigenvalue weighted by atomic mass is 10.1. The molecule has 0 saturated carbocycles. The van der Waals surface area contributed by atoms with E-state index in [0.29, 0.717) is 19.3 Å². The molecule has 1 aromatic carbocycles. The number of nitrogens with one attached hydrogen (secondary N) is 1. The fourth-order valence-corrected chi connectivity index (χ4v) is 4.05. The molecule has 1 N–H and O–H groups in total. The number of hydrogen-bond acceptors (Lipinski definition) is 4. The maximum Gasteiger partial charge on any atom is 0.193 e. The van der Waals surface area contributed by atoms with Crippen LogP contribution < -0.4 is 5.32 Å². The number of ether oxygens (including phenoxy) is 2. The van der Waals surface area contributed by atoms with Gasteiger partial charge in [-0.3, -0.25) is 0 Å². The first-order valence-electron chi connectivity index (χ1n) is 10.5. The number of nitrogens with zero attached hydrogens (tertiary/aromatic N) is 2. The summed E-state index contributed by atoms with van der Waals surface area (Å²) in [7, 11) is 2.10. The van der Waals surface area contributed by atoms with E-state index in [1.807, 2.05) is 11.3 Å². The summed E-state index contributed by atoms with van der Waals surface area (Å²) < 4.78 is 11.5. The normalized spacial score (nSPS) is 14.9. The molecule has 2 heterocycles. The van der Waals surface area contributed by atoms with Crippen molar-refractivity contribution in [2.45, 2.75) is 45.4 Å². The molecule has 166 valence electrons. The third-order valence-corrected chi connectivity index (χ3v) is 5.96. The predicted molar refractivity (Wildman–Crippen MR) is 136 cm³/mol. The van der Waals surface area contributed by atoms with Gasteiger partial charge < -0.3 is 19.7 Å². The van der Waals surface area contributed by atoms with E-state index in [1.165, 1.54) is 16.0 Å². The molecule has 0 atom stereocenters. The van der Waals surface area contributed by atoms with Gasteiger partial charge in [-0.15, -0.1) is 35.3 Å². The molecule has 5 nitrogen and oxygen atoms in total. The van der Waals surface area contributed by atoms with E-state index in [0.717, 1.165) is 51.5 Å². The van der Waals surface area contributed by atoms with Gasteiger partial charge in [0.2, 0.25) is 0 Å². The summed E-state index contributed by atoms with van der Waals surface area (Å²) in [6.07, 6.45) is 3.35. The van der Waals surface area contributed by atoms with E-state index in [9.17, 15) is 0 Å². The van der Waals surface area contributed by atoms with Crippen molar-refractivity contribution in [2.75, 3.05) is 33.4 Å². The average Bonchev–Trinajstić information content (AvgIpc) is 3.28. The first kappa shape index (κ1) is 25.1. The lowest BCUT2D eigenvalue weighted by Crippen LogP contribution is -2.39. The van der Waals surface area contributed by atoms with Gasteiger partial charge in [0.15, 0.2) is 5.96 Å². The monoisotopic (exact) mass is 543 g/mol. The lowest BCUT2D eigenvalue weighted by Gasteiger charge is -2.22. The lowest BCUT2D eigenvalue weighted by molar-refractivity contribution is -0.0390. The summed E-state index contributed by atoms with van der Waals surface area (Å²) in [5.41, 5.74) is 2.42. The summed E-state index contributed by atoms with van der Waals surface area (Å²) >= 11 is 1.81.